The molecule has 0 radical (unpaired) electrons. The summed E-state index contributed by atoms with van der Waals surface area (Å²) < 4.78 is 51.3. The Labute approximate surface area is 337 Å². The SMILES string of the molecule is COc1ccc2c(OC3C[C@H]4C(=O)N[C@]5(C(=O)NS(=O)(=O)C6CC6)CC5C=CCCCSC[C@H](NC(=O)OC(C)(C)C)C(=O)N4C3)nc(N3CCOCC3)cc2c1. The van der Waals surface area contributed by atoms with E-state index in [-0.39, 0.29) is 25.1 Å². The van der Waals surface area contributed by atoms with E-state index in [1.54, 1.807) is 33.9 Å². The van der Waals surface area contributed by atoms with Crippen LogP contribution in [0.2, 0.25) is 0 Å². The summed E-state index contributed by atoms with van der Waals surface area (Å²) in [5, 5.41) is 6.53. The lowest BCUT2D eigenvalue weighted by Gasteiger charge is -2.30. The Kier molecular flexibility index (Phi) is 11.9. The first-order valence-electron chi connectivity index (χ1n) is 19.6. The van der Waals surface area contributed by atoms with Gasteiger partial charge in [0.25, 0.3) is 5.91 Å². The van der Waals surface area contributed by atoms with Crippen LogP contribution in [0.1, 0.15) is 59.3 Å². The number of nitrogens with one attached hydrogen (secondary N) is 3. The molecule has 0 bridgehead atoms. The van der Waals surface area contributed by atoms with Crippen LogP contribution >= 0.6 is 11.8 Å². The van der Waals surface area contributed by atoms with Gasteiger partial charge < -0.3 is 39.4 Å². The highest BCUT2D eigenvalue weighted by Gasteiger charge is 2.62. The summed E-state index contributed by atoms with van der Waals surface area (Å²) in [6.45, 7) is 7.50. The van der Waals surface area contributed by atoms with E-state index in [1.807, 2.05) is 30.4 Å². The van der Waals surface area contributed by atoms with E-state index in [0.29, 0.717) is 74.2 Å². The van der Waals surface area contributed by atoms with Crippen molar-refractivity contribution in [1.29, 1.82) is 0 Å². The molecule has 4 fully saturated rings. The lowest BCUT2D eigenvalue weighted by Crippen LogP contribution is -2.58. The van der Waals surface area contributed by atoms with Gasteiger partial charge in [0.05, 0.1) is 32.1 Å². The molecule has 3 aliphatic heterocycles. The molecule has 2 saturated heterocycles. The second-order valence-corrected chi connectivity index (χ2v) is 19.4. The third kappa shape index (κ3) is 9.54. The zero-order valence-electron chi connectivity index (χ0n) is 32.8. The molecule has 7 rings (SSSR count). The first-order chi connectivity index (χ1) is 27.2. The Hall–Kier alpha value is -4.29. The van der Waals surface area contributed by atoms with Crippen LogP contribution in [0.4, 0.5) is 10.6 Å². The van der Waals surface area contributed by atoms with Gasteiger partial charge in [-0.25, -0.2) is 13.2 Å². The fraction of sp³-hybridized carbons (Fsp3) is 0.615. The molecule has 2 aromatic rings. The molecule has 18 heteroatoms. The molecule has 16 nitrogen and oxygen atoms in total. The molecule has 4 amide bonds. The molecular formula is C39H52N6O10S2. The number of morpholine rings is 1. The van der Waals surface area contributed by atoms with Crippen molar-refractivity contribution in [3.63, 3.8) is 0 Å². The van der Waals surface area contributed by atoms with Gasteiger partial charge in [-0.1, -0.05) is 12.2 Å². The molecule has 2 saturated carbocycles. The number of thioether (sulfide) groups is 1. The van der Waals surface area contributed by atoms with E-state index in [0.717, 1.165) is 11.8 Å². The molecule has 1 aromatic heterocycles. The van der Waals surface area contributed by atoms with E-state index in [1.165, 1.54) is 16.7 Å². The van der Waals surface area contributed by atoms with Crippen LogP contribution in [0.5, 0.6) is 11.6 Å². The maximum Gasteiger partial charge on any atom is 0.408 e. The van der Waals surface area contributed by atoms with Gasteiger partial charge in [0.2, 0.25) is 27.7 Å². The van der Waals surface area contributed by atoms with E-state index >= 15 is 0 Å². The lowest BCUT2D eigenvalue weighted by molar-refractivity contribution is -0.140. The third-order valence-electron chi connectivity index (χ3n) is 10.7. The van der Waals surface area contributed by atoms with Crippen molar-refractivity contribution in [3.05, 3.63) is 36.4 Å². The number of carbonyl (C=O) groups excluding carboxylic acids is 4. The zero-order valence-corrected chi connectivity index (χ0v) is 34.4. The molecule has 5 aliphatic rings. The molecular weight excluding hydrogens is 777 g/mol. The summed E-state index contributed by atoms with van der Waals surface area (Å²) in [5.74, 6) is 0.156. The van der Waals surface area contributed by atoms with Crippen LogP contribution in [0.15, 0.2) is 36.4 Å². The summed E-state index contributed by atoms with van der Waals surface area (Å²) >= 11 is 1.50. The van der Waals surface area contributed by atoms with Crippen LogP contribution in [-0.4, -0.2) is 128 Å². The lowest BCUT2D eigenvalue weighted by atomic mass is 10.1. The van der Waals surface area contributed by atoms with Crippen LogP contribution in [0, 0.1) is 5.92 Å². The number of nitrogens with zero attached hydrogens (tertiary/aromatic N) is 3. The van der Waals surface area contributed by atoms with E-state index < -0.39 is 74.3 Å². The van der Waals surface area contributed by atoms with E-state index in [9.17, 15) is 27.6 Å². The minimum atomic E-state index is -3.91. The first kappa shape index (κ1) is 40.9. The number of methoxy groups -OCH3 is 1. The Morgan fingerprint density at radius 1 is 1.12 bits per heavy atom. The molecule has 5 atom stereocenters. The van der Waals surface area contributed by atoms with Crippen molar-refractivity contribution in [2.24, 2.45) is 5.92 Å². The molecule has 57 heavy (non-hydrogen) atoms. The average Bonchev–Trinajstić information content (AvgIpc) is 4.09. The number of ether oxygens (including phenoxy) is 4. The summed E-state index contributed by atoms with van der Waals surface area (Å²) in [6.07, 6.45) is 4.89. The van der Waals surface area contributed by atoms with Gasteiger partial charge in [-0.05, 0) is 88.3 Å². The fourth-order valence-electron chi connectivity index (χ4n) is 7.45. The van der Waals surface area contributed by atoms with Crippen molar-refractivity contribution < 1.29 is 46.5 Å². The number of amides is 4. The maximum atomic E-state index is 14.6. The number of carbonyl (C=O) groups is 4. The number of rotatable bonds is 8. The summed E-state index contributed by atoms with van der Waals surface area (Å²) in [5.41, 5.74) is -2.34. The Balaban J connectivity index is 1.21. The number of aromatic nitrogens is 1. The predicted octanol–water partition coefficient (Wildman–Crippen LogP) is 2.89. The quantitative estimate of drug-likeness (QED) is 0.329. The minimum Gasteiger partial charge on any atom is -0.497 e. The number of sulfonamides is 1. The van der Waals surface area contributed by atoms with Crippen molar-refractivity contribution in [2.45, 2.75) is 93.9 Å². The van der Waals surface area contributed by atoms with E-state index in [2.05, 4.69) is 20.3 Å². The van der Waals surface area contributed by atoms with E-state index in [4.69, 9.17) is 23.9 Å². The number of pyridine rings is 1. The smallest absolute Gasteiger partial charge is 0.408 e. The molecule has 2 unspecified atom stereocenters. The van der Waals surface area contributed by atoms with Gasteiger partial charge in [0.1, 0.15) is 40.9 Å². The monoisotopic (exact) mass is 828 g/mol. The largest absolute Gasteiger partial charge is 0.497 e. The Morgan fingerprint density at radius 2 is 1.89 bits per heavy atom. The van der Waals surface area contributed by atoms with Gasteiger partial charge in [-0.2, -0.15) is 16.7 Å². The highest BCUT2D eigenvalue weighted by Crippen LogP contribution is 2.46. The first-order valence-corrected chi connectivity index (χ1v) is 22.3. The fourth-order valence-corrected chi connectivity index (χ4v) is 9.81. The van der Waals surface area contributed by atoms with Gasteiger partial charge in [0, 0.05) is 36.6 Å². The average molecular weight is 829 g/mol. The highest BCUT2D eigenvalue weighted by atomic mass is 32.2. The Bertz CT molecular complexity index is 2020. The normalized spacial score (nSPS) is 27.3. The standard InChI is InChI=1S/C39H52N6O10S2/c1-38(2,3)55-37(49)40-30-23-56-17-7-5-6-8-25-21-39(25,36(48)43-57(50,51)28-10-11-28)42-33(46)31-20-27(22-45(31)35(30)47)54-34-29-12-9-26(52-4)18-24(29)19-32(41-34)44-13-15-53-16-14-44/h6,8-9,12,18-19,25,27-28,30-31H,5,7,10-11,13-17,20-23H2,1-4H3,(H,40,49)(H,42,46)(H,43,48)/t25?,27?,30-,31-,39+/m0/s1. The van der Waals surface area contributed by atoms with Gasteiger partial charge in [0.15, 0.2) is 0 Å². The van der Waals surface area contributed by atoms with Gasteiger partial charge in [-0.3, -0.25) is 19.1 Å². The molecule has 3 N–H and O–H groups in total. The molecule has 0 spiro atoms. The second kappa shape index (κ2) is 16.5. The highest BCUT2D eigenvalue weighted by molar-refractivity contribution is 7.99. The number of allylic oxidation sites excluding steroid dienone is 1. The van der Waals surface area contributed by atoms with Gasteiger partial charge >= 0.3 is 6.09 Å². The Morgan fingerprint density at radius 3 is 2.61 bits per heavy atom. The van der Waals surface area contributed by atoms with Gasteiger partial charge in [-0.15, -0.1) is 0 Å². The number of fused-ring (bicyclic) bond motifs is 3. The topological polar surface area (TPSA) is 195 Å². The molecule has 4 heterocycles. The van der Waals surface area contributed by atoms with Crippen LogP contribution in [0.3, 0.4) is 0 Å². The van der Waals surface area contributed by atoms with Crippen molar-refractivity contribution >= 4 is 62.2 Å². The molecule has 2 aliphatic carbocycles. The van der Waals surface area contributed by atoms with Crippen molar-refractivity contribution in [3.8, 4) is 11.6 Å². The minimum absolute atomic E-state index is 0.0313. The van der Waals surface area contributed by atoms with Crippen LogP contribution in [0.25, 0.3) is 10.8 Å². The number of benzene rings is 1. The number of hydrogen-bond donors (Lipinski definition) is 3. The number of anilines is 1. The number of hydrogen-bond acceptors (Lipinski definition) is 13. The maximum absolute atomic E-state index is 14.6. The molecule has 1 aromatic carbocycles. The number of alkyl carbamates (subject to hydrolysis) is 1. The predicted molar refractivity (Wildman–Crippen MR) is 214 cm³/mol. The summed E-state index contributed by atoms with van der Waals surface area (Å²) in [7, 11) is -2.32. The van der Waals surface area contributed by atoms with Crippen LogP contribution < -0.4 is 29.7 Å². The summed E-state index contributed by atoms with van der Waals surface area (Å²) in [4.78, 5) is 64.4. The van der Waals surface area contributed by atoms with Crippen molar-refractivity contribution in [1.82, 2.24) is 25.2 Å². The zero-order chi connectivity index (χ0) is 40.5. The summed E-state index contributed by atoms with van der Waals surface area (Å²) in [6, 6.07) is 5.32. The third-order valence-corrected chi connectivity index (χ3v) is 13.7. The van der Waals surface area contributed by atoms with Crippen LogP contribution in [-0.2, 0) is 33.9 Å². The van der Waals surface area contributed by atoms with Crippen molar-refractivity contribution in [2.75, 3.05) is 56.4 Å². The molecule has 310 valence electrons. The second-order valence-electron chi connectivity index (χ2n) is 16.2.